The first-order valence-corrected chi connectivity index (χ1v) is 7.72. The third-order valence-corrected chi connectivity index (χ3v) is 4.75. The van der Waals surface area contributed by atoms with Gasteiger partial charge < -0.3 is 5.11 Å². The molecule has 0 amide bonds. The zero-order valence-electron chi connectivity index (χ0n) is 10.5. The van der Waals surface area contributed by atoms with Gasteiger partial charge in [-0.25, -0.2) is 4.79 Å². The maximum Gasteiger partial charge on any atom is 0.340 e. The predicted octanol–water partition coefficient (Wildman–Crippen LogP) is 2.52. The molecule has 0 fully saturated rings. The normalized spacial score (nSPS) is 11.4. The molecule has 0 radical (unpaired) electrons. The van der Waals surface area contributed by atoms with Crippen LogP contribution in [0.2, 0.25) is 10.0 Å². The summed E-state index contributed by atoms with van der Waals surface area (Å²) in [5.41, 5.74) is 0.105. The molecule has 7 nitrogen and oxygen atoms in total. The summed E-state index contributed by atoms with van der Waals surface area (Å²) < 4.78 is 26.6. The second-order valence-corrected chi connectivity index (χ2v) is 6.48. The number of H-pyrrole nitrogens is 1. The molecule has 0 saturated carbocycles. The third kappa shape index (κ3) is 2.97. The number of anilines is 1. The molecule has 0 unspecified atom stereocenters. The Morgan fingerprint density at radius 3 is 2.67 bits per heavy atom. The molecule has 0 spiro atoms. The van der Waals surface area contributed by atoms with Crippen LogP contribution in [0, 0.1) is 6.92 Å². The molecule has 112 valence electrons. The van der Waals surface area contributed by atoms with Crippen molar-refractivity contribution in [1.29, 1.82) is 0 Å². The average Bonchev–Trinajstić information content (AvgIpc) is 2.89. The van der Waals surface area contributed by atoms with Crippen molar-refractivity contribution in [1.82, 2.24) is 10.2 Å². The first-order valence-electron chi connectivity index (χ1n) is 5.48. The van der Waals surface area contributed by atoms with E-state index in [-0.39, 0.29) is 15.7 Å². The number of carboxylic acids is 1. The molecule has 21 heavy (non-hydrogen) atoms. The van der Waals surface area contributed by atoms with Gasteiger partial charge in [0.05, 0.1) is 21.9 Å². The van der Waals surface area contributed by atoms with Gasteiger partial charge in [0.2, 0.25) is 0 Å². The Morgan fingerprint density at radius 2 is 2.05 bits per heavy atom. The number of hydrogen-bond acceptors (Lipinski definition) is 4. The number of carboxylic acid groups (broad SMARTS) is 1. The van der Waals surface area contributed by atoms with E-state index in [1.807, 2.05) is 0 Å². The Balaban J connectivity index is 2.50. The highest BCUT2D eigenvalue weighted by atomic mass is 35.5. The van der Waals surface area contributed by atoms with Crippen LogP contribution in [-0.2, 0) is 10.0 Å². The zero-order chi connectivity index (χ0) is 15.8. The molecule has 2 aromatic rings. The molecule has 3 N–H and O–H groups in total. The average molecular weight is 350 g/mol. The van der Waals surface area contributed by atoms with Crippen LogP contribution < -0.4 is 4.72 Å². The minimum absolute atomic E-state index is 0.0238. The number of nitrogens with one attached hydrogen (secondary N) is 2. The number of aromatic carboxylic acids is 1. The Hall–Kier alpha value is -1.77. The number of nitrogens with zero attached hydrogens (tertiary/aromatic N) is 1. The van der Waals surface area contributed by atoms with Crippen LogP contribution in [0.3, 0.4) is 0 Å². The summed E-state index contributed by atoms with van der Waals surface area (Å²) in [6, 6.07) is 3.10. The minimum atomic E-state index is -4.23. The number of rotatable bonds is 4. The van der Waals surface area contributed by atoms with Crippen LogP contribution in [-0.4, -0.2) is 29.7 Å². The Morgan fingerprint density at radius 1 is 1.38 bits per heavy atom. The van der Waals surface area contributed by atoms with Crippen LogP contribution in [0.15, 0.2) is 23.4 Å². The van der Waals surface area contributed by atoms with Crippen molar-refractivity contribution in [3.05, 3.63) is 39.5 Å². The smallest absolute Gasteiger partial charge is 0.340 e. The van der Waals surface area contributed by atoms with Crippen molar-refractivity contribution in [3.8, 4) is 0 Å². The summed E-state index contributed by atoms with van der Waals surface area (Å²) in [5.74, 6) is -1.43. The van der Waals surface area contributed by atoms with Gasteiger partial charge >= 0.3 is 5.97 Å². The number of carbonyl (C=O) groups is 1. The summed E-state index contributed by atoms with van der Waals surface area (Å²) in [6.07, 6.45) is 0.899. The lowest BCUT2D eigenvalue weighted by molar-refractivity contribution is 0.0692. The van der Waals surface area contributed by atoms with Crippen LogP contribution >= 0.6 is 23.2 Å². The number of halogens is 2. The van der Waals surface area contributed by atoms with Gasteiger partial charge in [-0.3, -0.25) is 9.82 Å². The van der Waals surface area contributed by atoms with Crippen LogP contribution in [0.5, 0.6) is 0 Å². The fourth-order valence-corrected chi connectivity index (χ4v) is 3.33. The molecule has 2 rings (SSSR count). The Bertz CT molecular complexity index is 817. The monoisotopic (exact) mass is 349 g/mol. The molecule has 1 aromatic carbocycles. The van der Waals surface area contributed by atoms with Crippen molar-refractivity contribution >= 4 is 44.9 Å². The van der Waals surface area contributed by atoms with E-state index in [4.69, 9.17) is 28.3 Å². The molecule has 10 heteroatoms. The fourth-order valence-electron chi connectivity index (χ4n) is 1.57. The molecule has 0 aliphatic heterocycles. The van der Waals surface area contributed by atoms with E-state index in [9.17, 15) is 13.2 Å². The predicted molar refractivity (Wildman–Crippen MR) is 77.6 cm³/mol. The highest BCUT2D eigenvalue weighted by Gasteiger charge is 2.26. The quantitative estimate of drug-likeness (QED) is 0.784. The maximum atomic E-state index is 12.2. The molecule has 0 aliphatic rings. The van der Waals surface area contributed by atoms with Crippen LogP contribution in [0.4, 0.5) is 5.69 Å². The largest absolute Gasteiger partial charge is 0.478 e. The number of sulfonamides is 1. The Kier molecular flexibility index (Phi) is 4.13. The fraction of sp³-hybridized carbons (Fsp3) is 0.0909. The molecular formula is C11H9Cl2N3O4S. The van der Waals surface area contributed by atoms with Crippen molar-refractivity contribution in [2.24, 2.45) is 0 Å². The highest BCUT2D eigenvalue weighted by Crippen LogP contribution is 2.34. The standard InChI is InChI=1S/C11H9Cl2N3O4S/c1-5-2-3-7(12)9(8(5)13)16-21(19,20)10-6(11(17)18)4-14-15-10/h2-4,16H,1H3,(H,14,15)(H,17,18). The van der Waals surface area contributed by atoms with Gasteiger partial charge in [0.1, 0.15) is 5.56 Å². The number of hydrogen-bond donors (Lipinski definition) is 3. The van der Waals surface area contributed by atoms with E-state index < -0.39 is 26.6 Å². The Labute approximate surface area is 129 Å². The van der Waals surface area contributed by atoms with Gasteiger partial charge in [-0.15, -0.1) is 0 Å². The van der Waals surface area contributed by atoms with Crippen molar-refractivity contribution in [2.75, 3.05) is 4.72 Å². The van der Waals surface area contributed by atoms with Gasteiger partial charge in [0, 0.05) is 0 Å². The SMILES string of the molecule is Cc1ccc(Cl)c(NS(=O)(=O)c2[nH]ncc2C(=O)O)c1Cl. The molecular weight excluding hydrogens is 341 g/mol. The summed E-state index contributed by atoms with van der Waals surface area (Å²) >= 11 is 11.9. The maximum absolute atomic E-state index is 12.2. The van der Waals surface area contributed by atoms with Crippen molar-refractivity contribution in [2.45, 2.75) is 11.9 Å². The molecule has 0 saturated heterocycles. The number of aryl methyl sites for hydroxylation is 1. The molecule has 0 aliphatic carbocycles. The number of benzene rings is 1. The molecule has 1 heterocycles. The van der Waals surface area contributed by atoms with Crippen molar-refractivity contribution < 1.29 is 18.3 Å². The van der Waals surface area contributed by atoms with E-state index in [1.54, 1.807) is 13.0 Å². The minimum Gasteiger partial charge on any atom is -0.478 e. The summed E-state index contributed by atoms with van der Waals surface area (Å²) in [4.78, 5) is 11.0. The van der Waals surface area contributed by atoms with Gasteiger partial charge in [-0.2, -0.15) is 13.5 Å². The van der Waals surface area contributed by atoms with Gasteiger partial charge in [-0.1, -0.05) is 29.3 Å². The van der Waals surface area contributed by atoms with E-state index in [0.717, 1.165) is 6.20 Å². The van der Waals surface area contributed by atoms with Crippen molar-refractivity contribution in [3.63, 3.8) is 0 Å². The first-order chi connectivity index (χ1) is 9.74. The molecule has 0 atom stereocenters. The lowest BCUT2D eigenvalue weighted by Crippen LogP contribution is -2.17. The van der Waals surface area contributed by atoms with Gasteiger partial charge in [0.25, 0.3) is 10.0 Å². The second-order valence-electron chi connectivity index (χ2n) is 4.08. The van der Waals surface area contributed by atoms with E-state index >= 15 is 0 Å². The van der Waals surface area contributed by atoms with Gasteiger partial charge in [-0.05, 0) is 18.6 Å². The number of aromatic amines is 1. The lowest BCUT2D eigenvalue weighted by Gasteiger charge is -2.12. The van der Waals surface area contributed by atoms with Crippen LogP contribution in [0.25, 0.3) is 0 Å². The third-order valence-electron chi connectivity index (χ3n) is 2.62. The molecule has 1 aromatic heterocycles. The lowest BCUT2D eigenvalue weighted by atomic mass is 10.2. The van der Waals surface area contributed by atoms with E-state index in [2.05, 4.69) is 14.9 Å². The first kappa shape index (κ1) is 15.6. The van der Waals surface area contributed by atoms with E-state index in [0.29, 0.717) is 5.56 Å². The topological polar surface area (TPSA) is 112 Å². The summed E-state index contributed by atoms with van der Waals surface area (Å²) in [7, 11) is -4.23. The highest BCUT2D eigenvalue weighted by molar-refractivity contribution is 7.92. The zero-order valence-corrected chi connectivity index (χ0v) is 12.8. The van der Waals surface area contributed by atoms with Crippen LogP contribution in [0.1, 0.15) is 15.9 Å². The second kappa shape index (κ2) is 5.55. The van der Waals surface area contributed by atoms with E-state index in [1.165, 1.54) is 6.07 Å². The summed E-state index contributed by atoms with van der Waals surface area (Å²) in [5, 5.41) is 14.1. The van der Waals surface area contributed by atoms with Gasteiger partial charge in [0.15, 0.2) is 5.03 Å². The molecule has 0 bridgehead atoms. The number of aromatic nitrogens is 2. The summed E-state index contributed by atoms with van der Waals surface area (Å²) in [6.45, 7) is 1.68.